The van der Waals surface area contributed by atoms with Gasteiger partial charge >= 0.3 is 0 Å². The van der Waals surface area contributed by atoms with Crippen molar-refractivity contribution in [2.75, 3.05) is 17.4 Å². The van der Waals surface area contributed by atoms with Crippen LogP contribution in [0.2, 0.25) is 0 Å². The molecule has 0 saturated heterocycles. The normalized spacial score (nSPS) is 12.0. The fourth-order valence-corrected chi connectivity index (χ4v) is 6.37. The molecule has 0 aromatic heterocycles. The fourth-order valence-electron chi connectivity index (χ4n) is 4.96. The number of hydrogen-bond donors (Lipinski definition) is 1. The molecule has 7 nitrogen and oxygen atoms in total. The van der Waals surface area contributed by atoms with Crippen LogP contribution < -0.4 is 9.62 Å². The third kappa shape index (κ3) is 9.01. The van der Waals surface area contributed by atoms with E-state index in [1.165, 1.54) is 17.0 Å². The summed E-state index contributed by atoms with van der Waals surface area (Å²) < 4.78 is 42.8. The Bertz CT molecular complexity index is 1690. The number of rotatable bonds is 13. The number of amides is 2. The molecule has 1 unspecified atom stereocenters. The van der Waals surface area contributed by atoms with Crippen LogP contribution in [0.3, 0.4) is 0 Å². The molecule has 236 valence electrons. The first kappa shape index (κ1) is 33.4. The first-order valence-electron chi connectivity index (χ1n) is 15.0. The average Bonchev–Trinajstić information content (AvgIpc) is 3.01. The molecule has 4 rings (SSSR count). The zero-order chi connectivity index (χ0) is 32.6. The minimum absolute atomic E-state index is 0.0887. The zero-order valence-electron chi connectivity index (χ0n) is 26.1. The summed E-state index contributed by atoms with van der Waals surface area (Å²) in [4.78, 5) is 29.6. The Morgan fingerprint density at radius 2 is 1.44 bits per heavy atom. The van der Waals surface area contributed by atoms with Crippen molar-refractivity contribution in [3.8, 4) is 0 Å². The molecule has 1 N–H and O–H groups in total. The maximum Gasteiger partial charge on any atom is 0.264 e. The molecule has 0 aliphatic rings. The van der Waals surface area contributed by atoms with E-state index in [-0.39, 0.29) is 35.4 Å². The van der Waals surface area contributed by atoms with Gasteiger partial charge in [-0.05, 0) is 67.3 Å². The molecule has 45 heavy (non-hydrogen) atoms. The number of anilines is 1. The maximum atomic E-state index is 14.5. The Hall–Kier alpha value is -4.50. The van der Waals surface area contributed by atoms with Crippen LogP contribution >= 0.6 is 0 Å². The molecule has 2 amide bonds. The fraction of sp³-hybridized carbons (Fsp3) is 0.278. The highest BCUT2D eigenvalue weighted by Crippen LogP contribution is 2.26. The highest BCUT2D eigenvalue weighted by Gasteiger charge is 2.34. The zero-order valence-corrected chi connectivity index (χ0v) is 26.9. The summed E-state index contributed by atoms with van der Waals surface area (Å²) in [6.07, 6.45) is 0.234. The van der Waals surface area contributed by atoms with Crippen molar-refractivity contribution < 1.29 is 22.4 Å². The Balaban J connectivity index is 1.79. The third-order valence-electron chi connectivity index (χ3n) is 7.39. The van der Waals surface area contributed by atoms with Crippen molar-refractivity contribution in [2.24, 2.45) is 5.92 Å². The number of carbonyl (C=O) groups is 2. The smallest absolute Gasteiger partial charge is 0.264 e. The predicted molar refractivity (Wildman–Crippen MR) is 176 cm³/mol. The quantitative estimate of drug-likeness (QED) is 0.195. The second-order valence-corrected chi connectivity index (χ2v) is 13.5. The maximum absolute atomic E-state index is 14.5. The van der Waals surface area contributed by atoms with Gasteiger partial charge in [0.25, 0.3) is 10.0 Å². The lowest BCUT2D eigenvalue weighted by atomic mass is 10.0. The monoisotopic (exact) mass is 629 g/mol. The number of carbonyl (C=O) groups excluding carboxylic acids is 2. The lowest BCUT2D eigenvalue weighted by Crippen LogP contribution is -2.53. The van der Waals surface area contributed by atoms with Crippen LogP contribution in [0.1, 0.15) is 36.1 Å². The van der Waals surface area contributed by atoms with Gasteiger partial charge in [-0.1, -0.05) is 91.7 Å². The molecule has 0 spiro atoms. The number of nitrogens with zero attached hydrogens (tertiary/aromatic N) is 2. The summed E-state index contributed by atoms with van der Waals surface area (Å²) in [6, 6.07) is 27.4. The molecular weight excluding hydrogens is 589 g/mol. The van der Waals surface area contributed by atoms with Crippen molar-refractivity contribution in [2.45, 2.75) is 51.6 Å². The first-order chi connectivity index (χ1) is 21.4. The summed E-state index contributed by atoms with van der Waals surface area (Å²) in [6.45, 7) is 7.74. The second kappa shape index (κ2) is 15.0. The molecule has 0 bridgehead atoms. The molecule has 0 radical (unpaired) electrons. The number of sulfonamides is 1. The van der Waals surface area contributed by atoms with E-state index in [9.17, 15) is 22.4 Å². The van der Waals surface area contributed by atoms with Gasteiger partial charge in [-0.25, -0.2) is 12.8 Å². The number of halogens is 1. The first-order valence-corrected chi connectivity index (χ1v) is 16.4. The molecule has 0 aliphatic heterocycles. The van der Waals surface area contributed by atoms with Crippen LogP contribution in [0.15, 0.2) is 108 Å². The van der Waals surface area contributed by atoms with Gasteiger partial charge in [-0.3, -0.25) is 13.9 Å². The second-order valence-electron chi connectivity index (χ2n) is 11.7. The Morgan fingerprint density at radius 3 is 2.07 bits per heavy atom. The van der Waals surface area contributed by atoms with Gasteiger partial charge in [0, 0.05) is 19.5 Å². The lowest BCUT2D eigenvalue weighted by Gasteiger charge is -2.34. The molecule has 0 aliphatic carbocycles. The summed E-state index contributed by atoms with van der Waals surface area (Å²) in [7, 11) is -4.30. The number of benzene rings is 4. The molecule has 4 aromatic carbocycles. The van der Waals surface area contributed by atoms with Crippen LogP contribution in [0.4, 0.5) is 10.1 Å². The lowest BCUT2D eigenvalue weighted by molar-refractivity contribution is -0.140. The Labute approximate surface area is 265 Å². The van der Waals surface area contributed by atoms with E-state index in [0.717, 1.165) is 38.7 Å². The van der Waals surface area contributed by atoms with Crippen LogP contribution in [0.5, 0.6) is 0 Å². The van der Waals surface area contributed by atoms with E-state index in [1.807, 2.05) is 82.3 Å². The molecule has 4 aromatic rings. The van der Waals surface area contributed by atoms with Gasteiger partial charge < -0.3 is 10.2 Å². The van der Waals surface area contributed by atoms with Crippen LogP contribution in [-0.4, -0.2) is 44.3 Å². The number of hydrogen-bond acceptors (Lipinski definition) is 4. The summed E-state index contributed by atoms with van der Waals surface area (Å²) >= 11 is 0. The van der Waals surface area contributed by atoms with Crippen LogP contribution in [-0.2, 0) is 32.6 Å². The Kier molecular flexibility index (Phi) is 11.1. The van der Waals surface area contributed by atoms with Gasteiger partial charge in [-0.15, -0.1) is 0 Å². The molecule has 9 heteroatoms. The van der Waals surface area contributed by atoms with Gasteiger partial charge in [0.2, 0.25) is 11.8 Å². The molecule has 0 saturated carbocycles. The van der Waals surface area contributed by atoms with Crippen LogP contribution in [0.25, 0.3) is 0 Å². The highest BCUT2D eigenvalue weighted by molar-refractivity contribution is 7.92. The van der Waals surface area contributed by atoms with Gasteiger partial charge in [0.1, 0.15) is 18.4 Å². The van der Waals surface area contributed by atoms with E-state index in [0.29, 0.717) is 6.54 Å². The molecule has 0 heterocycles. The van der Waals surface area contributed by atoms with Gasteiger partial charge in [-0.2, -0.15) is 0 Å². The van der Waals surface area contributed by atoms with E-state index >= 15 is 0 Å². The molecule has 1 atom stereocenters. The van der Waals surface area contributed by atoms with E-state index in [4.69, 9.17) is 0 Å². The summed E-state index contributed by atoms with van der Waals surface area (Å²) in [5.74, 6) is -1.27. The standard InChI is InChI=1S/C36H40FN3O4S/c1-26(2)23-38-36(42)34(22-29-10-6-5-7-11-29)39(24-30-12-8-9-28(4)21-30)35(41)25-40(32-17-13-27(3)14-18-32)45(43,44)33-19-15-31(37)16-20-33/h5-21,26,34H,22-25H2,1-4H3,(H,38,42). The topological polar surface area (TPSA) is 86.8 Å². The van der Waals surface area contributed by atoms with Crippen molar-refractivity contribution in [1.29, 1.82) is 0 Å². The van der Waals surface area contributed by atoms with Gasteiger partial charge in [0.05, 0.1) is 10.6 Å². The van der Waals surface area contributed by atoms with Crippen LogP contribution in [0, 0.1) is 25.6 Å². The van der Waals surface area contributed by atoms with E-state index in [2.05, 4.69) is 5.32 Å². The van der Waals surface area contributed by atoms with Crippen molar-refractivity contribution >= 4 is 27.5 Å². The van der Waals surface area contributed by atoms with Gasteiger partial charge in [0.15, 0.2) is 0 Å². The molecule has 0 fully saturated rings. The summed E-state index contributed by atoms with van der Waals surface area (Å²) in [5, 5.41) is 2.99. The van der Waals surface area contributed by atoms with Crippen molar-refractivity contribution in [1.82, 2.24) is 10.2 Å². The highest BCUT2D eigenvalue weighted by atomic mass is 32.2. The van der Waals surface area contributed by atoms with E-state index in [1.54, 1.807) is 24.3 Å². The number of aryl methyl sites for hydroxylation is 2. The third-order valence-corrected chi connectivity index (χ3v) is 9.18. The van der Waals surface area contributed by atoms with Crippen molar-refractivity contribution in [3.05, 3.63) is 131 Å². The van der Waals surface area contributed by atoms with E-state index < -0.39 is 34.3 Å². The minimum atomic E-state index is -4.30. The minimum Gasteiger partial charge on any atom is -0.354 e. The SMILES string of the molecule is Cc1ccc(N(CC(=O)N(Cc2cccc(C)c2)C(Cc2ccccc2)C(=O)NCC(C)C)S(=O)(=O)c2ccc(F)cc2)cc1. The largest absolute Gasteiger partial charge is 0.354 e. The van der Waals surface area contributed by atoms with Crippen molar-refractivity contribution in [3.63, 3.8) is 0 Å². The number of nitrogens with one attached hydrogen (secondary N) is 1. The summed E-state index contributed by atoms with van der Waals surface area (Å²) in [5.41, 5.74) is 3.84. The predicted octanol–water partition coefficient (Wildman–Crippen LogP) is 6.05. The molecular formula is C36H40FN3O4S. The Morgan fingerprint density at radius 1 is 0.800 bits per heavy atom. The average molecular weight is 630 g/mol.